The standard InChI is InChI=1S/C9H14O/c1-2-8(10)9-5-3-4-7(9)6-9/h7H,2-6H2,1H3. The summed E-state index contributed by atoms with van der Waals surface area (Å²) >= 11 is 0. The molecule has 2 unspecified atom stereocenters. The Morgan fingerprint density at radius 3 is 2.90 bits per heavy atom. The number of hydrogen-bond donors (Lipinski definition) is 0. The van der Waals surface area contributed by atoms with Crippen molar-refractivity contribution in [2.75, 3.05) is 0 Å². The topological polar surface area (TPSA) is 17.1 Å². The summed E-state index contributed by atoms with van der Waals surface area (Å²) in [6.45, 7) is 1.99. The highest BCUT2D eigenvalue weighted by molar-refractivity contribution is 5.88. The van der Waals surface area contributed by atoms with E-state index in [1.54, 1.807) is 0 Å². The van der Waals surface area contributed by atoms with Crippen molar-refractivity contribution < 1.29 is 4.79 Å². The molecule has 0 spiro atoms. The number of carbonyl (C=O) groups excluding carboxylic acids is 1. The maximum absolute atomic E-state index is 11.4. The zero-order valence-corrected chi connectivity index (χ0v) is 6.52. The van der Waals surface area contributed by atoms with E-state index in [0.29, 0.717) is 5.78 Å². The van der Waals surface area contributed by atoms with Crippen molar-refractivity contribution in [2.24, 2.45) is 11.3 Å². The zero-order valence-electron chi connectivity index (χ0n) is 6.52. The predicted octanol–water partition coefficient (Wildman–Crippen LogP) is 2.16. The number of ketones is 1. The first-order valence-corrected chi connectivity index (χ1v) is 4.33. The summed E-state index contributed by atoms with van der Waals surface area (Å²) in [5, 5.41) is 0. The van der Waals surface area contributed by atoms with Crippen LogP contribution in [0.3, 0.4) is 0 Å². The van der Waals surface area contributed by atoms with Crippen molar-refractivity contribution in [1.29, 1.82) is 0 Å². The van der Waals surface area contributed by atoms with E-state index in [9.17, 15) is 4.79 Å². The third-order valence-corrected chi connectivity index (χ3v) is 3.28. The third-order valence-electron chi connectivity index (χ3n) is 3.28. The molecule has 0 aromatic carbocycles. The minimum absolute atomic E-state index is 0.231. The van der Waals surface area contributed by atoms with Gasteiger partial charge in [0, 0.05) is 11.8 Å². The molecule has 0 saturated heterocycles. The molecule has 0 N–H and O–H groups in total. The average Bonchev–Trinajstić information content (AvgIpc) is 2.54. The van der Waals surface area contributed by atoms with Gasteiger partial charge >= 0.3 is 0 Å². The minimum Gasteiger partial charge on any atom is -0.299 e. The van der Waals surface area contributed by atoms with Crippen LogP contribution in [0.2, 0.25) is 0 Å². The summed E-state index contributed by atoms with van der Waals surface area (Å²) in [6.07, 6.45) is 5.81. The van der Waals surface area contributed by atoms with Gasteiger partial charge in [0.05, 0.1) is 0 Å². The Morgan fingerprint density at radius 1 is 1.70 bits per heavy atom. The van der Waals surface area contributed by atoms with Gasteiger partial charge in [-0.2, -0.15) is 0 Å². The second kappa shape index (κ2) is 1.84. The van der Waals surface area contributed by atoms with E-state index in [-0.39, 0.29) is 5.41 Å². The van der Waals surface area contributed by atoms with Crippen LogP contribution in [0.1, 0.15) is 39.0 Å². The number of Topliss-reactive ketones (excluding diaryl/α,β-unsaturated/α-hetero) is 1. The first-order chi connectivity index (χ1) is 4.79. The molecule has 0 aliphatic heterocycles. The van der Waals surface area contributed by atoms with Crippen LogP contribution in [0.15, 0.2) is 0 Å². The summed E-state index contributed by atoms with van der Waals surface area (Å²) in [6, 6.07) is 0. The highest BCUT2D eigenvalue weighted by atomic mass is 16.1. The van der Waals surface area contributed by atoms with E-state index in [4.69, 9.17) is 0 Å². The Bertz CT molecular complexity index is 174. The Kier molecular flexibility index (Phi) is 1.17. The van der Waals surface area contributed by atoms with Crippen LogP contribution in [0.5, 0.6) is 0 Å². The zero-order chi connectivity index (χ0) is 7.19. The molecule has 0 bridgehead atoms. The largest absolute Gasteiger partial charge is 0.299 e. The van der Waals surface area contributed by atoms with Crippen molar-refractivity contribution in [1.82, 2.24) is 0 Å². The van der Waals surface area contributed by atoms with Crippen molar-refractivity contribution in [3.8, 4) is 0 Å². The minimum atomic E-state index is 0.231. The first-order valence-electron chi connectivity index (χ1n) is 4.33. The molecule has 0 radical (unpaired) electrons. The van der Waals surface area contributed by atoms with Gasteiger partial charge in [0.15, 0.2) is 0 Å². The highest BCUT2D eigenvalue weighted by Crippen LogP contribution is 2.64. The number of carbonyl (C=O) groups is 1. The van der Waals surface area contributed by atoms with Gasteiger partial charge in [-0.05, 0) is 25.2 Å². The Hall–Kier alpha value is -0.330. The molecule has 0 aromatic rings. The fraction of sp³-hybridized carbons (Fsp3) is 0.889. The van der Waals surface area contributed by atoms with Crippen molar-refractivity contribution >= 4 is 5.78 Å². The fourth-order valence-electron chi connectivity index (χ4n) is 2.56. The Labute approximate surface area is 61.8 Å². The highest BCUT2D eigenvalue weighted by Gasteiger charge is 2.60. The van der Waals surface area contributed by atoms with Crippen molar-refractivity contribution in [3.05, 3.63) is 0 Å². The SMILES string of the molecule is CCC(=O)C12CCCC1C2. The molecule has 2 aliphatic carbocycles. The monoisotopic (exact) mass is 138 g/mol. The van der Waals surface area contributed by atoms with Gasteiger partial charge in [-0.25, -0.2) is 0 Å². The van der Waals surface area contributed by atoms with Crippen LogP contribution in [0.25, 0.3) is 0 Å². The first kappa shape index (κ1) is 6.38. The van der Waals surface area contributed by atoms with Crippen LogP contribution in [-0.2, 0) is 4.79 Å². The summed E-state index contributed by atoms with van der Waals surface area (Å²) in [4.78, 5) is 11.4. The van der Waals surface area contributed by atoms with E-state index in [2.05, 4.69) is 0 Å². The molecular weight excluding hydrogens is 124 g/mol. The van der Waals surface area contributed by atoms with E-state index in [0.717, 1.165) is 12.3 Å². The molecule has 2 aliphatic rings. The molecule has 56 valence electrons. The van der Waals surface area contributed by atoms with Gasteiger partial charge in [0.1, 0.15) is 5.78 Å². The molecule has 0 aromatic heterocycles. The molecule has 2 atom stereocenters. The van der Waals surface area contributed by atoms with Crippen LogP contribution in [-0.4, -0.2) is 5.78 Å². The van der Waals surface area contributed by atoms with E-state index in [1.807, 2.05) is 6.92 Å². The Morgan fingerprint density at radius 2 is 2.50 bits per heavy atom. The summed E-state index contributed by atoms with van der Waals surface area (Å²) in [5.74, 6) is 1.34. The van der Waals surface area contributed by atoms with E-state index >= 15 is 0 Å². The summed E-state index contributed by atoms with van der Waals surface area (Å²) in [7, 11) is 0. The second-order valence-electron chi connectivity index (χ2n) is 3.73. The molecule has 2 saturated carbocycles. The maximum Gasteiger partial charge on any atom is 0.139 e. The molecule has 10 heavy (non-hydrogen) atoms. The number of hydrogen-bond acceptors (Lipinski definition) is 1. The lowest BCUT2D eigenvalue weighted by Crippen LogP contribution is -2.13. The fourth-order valence-corrected chi connectivity index (χ4v) is 2.56. The van der Waals surface area contributed by atoms with Gasteiger partial charge in [-0.3, -0.25) is 4.79 Å². The smallest absolute Gasteiger partial charge is 0.139 e. The van der Waals surface area contributed by atoms with E-state index in [1.165, 1.54) is 25.7 Å². The summed E-state index contributed by atoms with van der Waals surface area (Å²) < 4.78 is 0. The second-order valence-corrected chi connectivity index (χ2v) is 3.73. The normalized spacial score (nSPS) is 43.1. The van der Waals surface area contributed by atoms with Crippen molar-refractivity contribution in [3.63, 3.8) is 0 Å². The molecule has 0 amide bonds. The molecule has 1 heteroatoms. The Balaban J connectivity index is 2.11. The van der Waals surface area contributed by atoms with Gasteiger partial charge in [-0.15, -0.1) is 0 Å². The number of fused-ring (bicyclic) bond motifs is 1. The maximum atomic E-state index is 11.4. The molecule has 2 rings (SSSR count). The van der Waals surface area contributed by atoms with Crippen LogP contribution in [0.4, 0.5) is 0 Å². The van der Waals surface area contributed by atoms with Gasteiger partial charge in [0.25, 0.3) is 0 Å². The van der Waals surface area contributed by atoms with Gasteiger partial charge in [-0.1, -0.05) is 13.3 Å². The van der Waals surface area contributed by atoms with Crippen LogP contribution >= 0.6 is 0 Å². The molecule has 1 nitrogen and oxygen atoms in total. The molecular formula is C9H14O. The quantitative estimate of drug-likeness (QED) is 0.571. The van der Waals surface area contributed by atoms with Crippen LogP contribution < -0.4 is 0 Å². The number of rotatable bonds is 2. The van der Waals surface area contributed by atoms with Crippen molar-refractivity contribution in [2.45, 2.75) is 39.0 Å². The lowest BCUT2D eigenvalue weighted by atomic mass is 9.96. The molecule has 2 fully saturated rings. The third kappa shape index (κ3) is 0.609. The molecule has 0 heterocycles. The predicted molar refractivity (Wildman–Crippen MR) is 39.7 cm³/mol. The van der Waals surface area contributed by atoms with Crippen LogP contribution in [0, 0.1) is 11.3 Å². The lowest BCUT2D eigenvalue weighted by molar-refractivity contribution is -0.124. The van der Waals surface area contributed by atoms with Gasteiger partial charge < -0.3 is 0 Å². The average molecular weight is 138 g/mol. The lowest BCUT2D eigenvalue weighted by Gasteiger charge is -2.06. The summed E-state index contributed by atoms with van der Waals surface area (Å²) in [5.41, 5.74) is 0.231. The van der Waals surface area contributed by atoms with E-state index < -0.39 is 0 Å². The van der Waals surface area contributed by atoms with Gasteiger partial charge in [0.2, 0.25) is 0 Å².